The van der Waals surface area contributed by atoms with Gasteiger partial charge in [0.15, 0.2) is 0 Å². The van der Waals surface area contributed by atoms with E-state index in [9.17, 15) is 48.9 Å². The van der Waals surface area contributed by atoms with E-state index in [0.717, 1.165) is 12.2 Å². The van der Waals surface area contributed by atoms with Gasteiger partial charge in [-0.1, -0.05) is 6.92 Å². The zero-order chi connectivity index (χ0) is 52.7. The monoisotopic (exact) mass is 1050 g/mol. The number of nitrogens with zero attached hydrogens (tertiary/aromatic N) is 5. The average molecular weight is 1050 g/mol. The molecule has 29 heteroatoms. The minimum absolute atomic E-state index is 0.000812. The number of thiazole rings is 2. The van der Waals surface area contributed by atoms with E-state index in [4.69, 9.17) is 22.9 Å². The molecule has 0 spiro atoms. The normalized spacial score (nSPS) is 15.3. The predicted octanol–water partition coefficient (Wildman–Crippen LogP) is -3.45. The molecule has 7 amide bonds. The van der Waals surface area contributed by atoms with E-state index in [1.807, 2.05) is 0 Å². The van der Waals surface area contributed by atoms with Gasteiger partial charge in [-0.15, -0.1) is 22.7 Å². The first kappa shape index (κ1) is 57.4. The summed E-state index contributed by atoms with van der Waals surface area (Å²) < 4.78 is 0. The summed E-state index contributed by atoms with van der Waals surface area (Å²) in [6.07, 6.45) is 2.70. The molecule has 0 radical (unpaired) electrons. The fourth-order valence-corrected chi connectivity index (χ4v) is 8.95. The van der Waals surface area contributed by atoms with Gasteiger partial charge in [-0.05, 0) is 31.7 Å². The number of carbonyl (C=O) groups is 7. The van der Waals surface area contributed by atoms with E-state index < -0.39 is 96.3 Å². The van der Waals surface area contributed by atoms with Crippen LogP contribution in [0.25, 0.3) is 10.7 Å². The van der Waals surface area contributed by atoms with E-state index in [0.29, 0.717) is 45.3 Å². The molecule has 4 aromatic rings. The van der Waals surface area contributed by atoms with Crippen molar-refractivity contribution >= 4 is 80.7 Å². The third kappa shape index (κ3) is 16.7. The number of nitrogens with one attached hydrogen (secondary N) is 7. The zero-order valence-electron chi connectivity index (χ0n) is 39.9. The van der Waals surface area contributed by atoms with Crippen molar-refractivity contribution < 1.29 is 48.9 Å². The third-order valence-corrected chi connectivity index (χ3v) is 13.7. The molecule has 7 unspecified atom stereocenters. The zero-order valence-corrected chi connectivity index (χ0v) is 42.4. The lowest BCUT2D eigenvalue weighted by Gasteiger charge is -2.30. The molecule has 0 fully saturated rings. The van der Waals surface area contributed by atoms with Crippen LogP contribution in [0.2, 0.25) is 0 Å². The summed E-state index contributed by atoms with van der Waals surface area (Å²) in [7, 11) is 0.295. The number of anilines is 1. The van der Waals surface area contributed by atoms with Gasteiger partial charge in [0.25, 0.3) is 11.8 Å². The lowest BCUT2D eigenvalue weighted by atomic mass is 9.96. The topological polar surface area (TPSA) is 437 Å². The Bertz CT molecular complexity index is 2470. The van der Waals surface area contributed by atoms with E-state index in [2.05, 4.69) is 74.3 Å². The van der Waals surface area contributed by atoms with Crippen LogP contribution in [0.1, 0.15) is 88.8 Å². The van der Waals surface area contributed by atoms with Crippen molar-refractivity contribution in [2.24, 2.45) is 23.1 Å². The van der Waals surface area contributed by atoms with E-state index in [-0.39, 0.29) is 47.6 Å². The Kier molecular flexibility index (Phi) is 21.7. The lowest BCUT2D eigenvalue weighted by Crippen LogP contribution is -2.57. The number of carbonyl (C=O) groups excluding carboxylic acids is 7. The molecular formula is C42H63N16O10S3+. The molecule has 26 nitrogen and oxygen atoms in total. The van der Waals surface area contributed by atoms with Crippen molar-refractivity contribution in [3.63, 3.8) is 0 Å². The molecule has 388 valence electrons. The molecule has 0 saturated heterocycles. The smallest absolute Gasteiger partial charge is 0.271 e. The highest BCUT2D eigenvalue weighted by molar-refractivity contribution is 7.95. The van der Waals surface area contributed by atoms with Crippen LogP contribution in [0.5, 0.6) is 0 Å². The van der Waals surface area contributed by atoms with Crippen LogP contribution >= 0.6 is 22.7 Å². The predicted molar refractivity (Wildman–Crippen MR) is 265 cm³/mol. The second kappa shape index (κ2) is 26.8. The molecule has 9 atom stereocenters. The van der Waals surface area contributed by atoms with Crippen molar-refractivity contribution in [3.8, 4) is 10.7 Å². The minimum atomic E-state index is -1.81. The first-order valence-corrected chi connectivity index (χ1v) is 26.1. The molecule has 18 N–H and O–H groups in total. The molecule has 0 aliphatic heterocycles. The average Bonchev–Trinajstić information content (AvgIpc) is 4.13. The fraction of sp³-hybridized carbons (Fsp3) is 0.524. The van der Waals surface area contributed by atoms with Crippen LogP contribution < -0.4 is 54.8 Å². The Hall–Kier alpha value is -6.21. The first-order chi connectivity index (χ1) is 33.5. The molecule has 4 rings (SSSR count). The number of amides is 7. The van der Waals surface area contributed by atoms with Gasteiger partial charge in [0.2, 0.25) is 29.5 Å². The molecule has 71 heavy (non-hydrogen) atoms. The molecule has 0 aliphatic carbocycles. The van der Waals surface area contributed by atoms with Crippen LogP contribution in [0, 0.1) is 12.8 Å². The molecule has 0 aromatic carbocycles. The second-order valence-corrected chi connectivity index (χ2v) is 21.0. The second-order valence-electron chi connectivity index (χ2n) is 16.8. The number of aromatic nitrogens is 6. The van der Waals surface area contributed by atoms with Crippen LogP contribution in [-0.2, 0) is 41.3 Å². The number of aromatic amines is 1. The van der Waals surface area contributed by atoms with Crippen LogP contribution in [-0.4, -0.2) is 161 Å². The SMILES string of the molecule is Cc1c(N)nc(C(CC(N)=O)NC[C@H](N)C(N)=O)nc1C(=O)NC(C(=O)NC(C)C(O)[C@H](C)C(=O)NC(C(=O)NCCc1nc(-c2nc(C(=O)NCCC[S+](C)C)cs2)cs1)C(C)O)C(O)c1cnc[nH]1. The number of primary amides is 2. The summed E-state index contributed by atoms with van der Waals surface area (Å²) in [5, 5.41) is 53.5. The molecule has 0 bridgehead atoms. The van der Waals surface area contributed by atoms with Crippen molar-refractivity contribution in [3.05, 3.63) is 56.8 Å². The fourth-order valence-electron chi connectivity index (χ4n) is 6.61. The molecule has 0 aliphatic rings. The number of aliphatic hydroxyl groups is 3. The number of H-pyrrole nitrogens is 1. The largest absolute Gasteiger partial charge is 0.391 e. The number of aliphatic hydroxyl groups excluding tert-OH is 3. The maximum absolute atomic E-state index is 13.9. The van der Waals surface area contributed by atoms with Gasteiger partial charge in [0.1, 0.15) is 57.7 Å². The Morgan fingerprint density at radius 3 is 2.20 bits per heavy atom. The number of nitrogens with two attached hydrogens (primary N) is 4. The summed E-state index contributed by atoms with van der Waals surface area (Å²) in [6, 6.07) is -6.77. The van der Waals surface area contributed by atoms with Crippen molar-refractivity contribution in [2.45, 2.75) is 95.5 Å². The summed E-state index contributed by atoms with van der Waals surface area (Å²) >= 11 is 2.62. The Balaban J connectivity index is 1.38. The number of hydrogen-bond donors (Lipinski definition) is 14. The highest BCUT2D eigenvalue weighted by Gasteiger charge is 2.37. The van der Waals surface area contributed by atoms with Crippen LogP contribution in [0.15, 0.2) is 23.3 Å². The van der Waals surface area contributed by atoms with E-state index in [1.54, 1.807) is 10.8 Å². The van der Waals surface area contributed by atoms with E-state index >= 15 is 0 Å². The van der Waals surface area contributed by atoms with Crippen molar-refractivity contribution in [2.75, 3.05) is 43.6 Å². The van der Waals surface area contributed by atoms with Gasteiger partial charge in [0, 0.05) is 55.2 Å². The van der Waals surface area contributed by atoms with Crippen LogP contribution in [0.4, 0.5) is 5.82 Å². The van der Waals surface area contributed by atoms with E-state index in [1.165, 1.54) is 62.9 Å². The van der Waals surface area contributed by atoms with Gasteiger partial charge in [-0.3, -0.25) is 33.6 Å². The van der Waals surface area contributed by atoms with Gasteiger partial charge >= 0.3 is 0 Å². The minimum Gasteiger partial charge on any atom is -0.391 e. The Morgan fingerprint density at radius 2 is 1.56 bits per heavy atom. The maximum Gasteiger partial charge on any atom is 0.271 e. The Labute approximate surface area is 419 Å². The number of imidazole rings is 1. The summed E-state index contributed by atoms with van der Waals surface area (Å²) in [5.41, 5.74) is 23.1. The summed E-state index contributed by atoms with van der Waals surface area (Å²) in [4.78, 5) is 115. The summed E-state index contributed by atoms with van der Waals surface area (Å²) in [6.45, 7) is 5.80. The summed E-state index contributed by atoms with van der Waals surface area (Å²) in [5.74, 6) is -6.24. The van der Waals surface area contributed by atoms with Crippen molar-refractivity contribution in [1.82, 2.24) is 61.8 Å². The first-order valence-electron chi connectivity index (χ1n) is 22.1. The van der Waals surface area contributed by atoms with Gasteiger partial charge in [-0.2, -0.15) is 0 Å². The Morgan fingerprint density at radius 1 is 0.845 bits per heavy atom. The van der Waals surface area contributed by atoms with Gasteiger partial charge in [0.05, 0.1) is 72.0 Å². The maximum atomic E-state index is 13.9. The number of nitrogen functional groups attached to an aromatic ring is 1. The highest BCUT2D eigenvalue weighted by Crippen LogP contribution is 2.26. The molecular weight excluding hydrogens is 985 g/mol. The standard InChI is InChI=1S/C42H62N16O10S3/c1-18-29(55-36(58-34(18)45)23(12-27(44)60)50-13-22(43)35(46)63)40(67)57-31(33(62)24-14-47-17-51-24)41(68)52-20(3)32(61)19(2)37(64)56-30(21(4)59)39(66)49-10-8-28-53-26(16-69-28)42-54-25(15-70-42)38(65)48-9-7-11-71(5)6/h14-17,19-23,30-33,50,59,61-62H,7-13,43H2,1-6H3,(H11-,44,45,46,47,48,49,51,52,55,56,57,58,60,63,64,65,66,67,68)/p+1/t19-,20?,21?,22-,23?,30?,31?,32?,33?/m0/s1. The number of rotatable bonds is 28. The number of hydrogen-bond acceptors (Lipinski definition) is 20. The lowest BCUT2D eigenvalue weighted by molar-refractivity contribution is -0.136. The van der Waals surface area contributed by atoms with Gasteiger partial charge < -0.3 is 75.1 Å². The van der Waals surface area contributed by atoms with Crippen LogP contribution in [0.3, 0.4) is 0 Å². The third-order valence-electron chi connectivity index (χ3n) is 10.8. The molecule has 0 saturated carbocycles. The highest BCUT2D eigenvalue weighted by atomic mass is 32.2. The molecule has 4 heterocycles. The van der Waals surface area contributed by atoms with Gasteiger partial charge in [-0.25, -0.2) is 24.9 Å². The van der Waals surface area contributed by atoms with Crippen molar-refractivity contribution in [1.29, 1.82) is 0 Å². The molecule has 4 aromatic heterocycles. The quantitative estimate of drug-likeness (QED) is 0.0194.